The van der Waals surface area contributed by atoms with E-state index in [0.29, 0.717) is 29.0 Å². The third-order valence-electron chi connectivity index (χ3n) is 6.71. The molecule has 3 aromatic rings. The van der Waals surface area contributed by atoms with E-state index in [-0.39, 0.29) is 11.5 Å². The Bertz CT molecular complexity index is 1280. The van der Waals surface area contributed by atoms with Gasteiger partial charge < -0.3 is 9.47 Å². The highest BCUT2D eigenvalue weighted by Crippen LogP contribution is 2.19. The third kappa shape index (κ3) is 11.4. The van der Waals surface area contributed by atoms with Gasteiger partial charge in [0.1, 0.15) is 11.5 Å². The molecule has 0 heterocycles. The number of ether oxygens (including phenoxy) is 2. The summed E-state index contributed by atoms with van der Waals surface area (Å²) in [7, 11) is 0. The van der Waals surface area contributed by atoms with Crippen molar-refractivity contribution in [3.05, 3.63) is 106 Å². The number of nitrogens with zero attached hydrogens (tertiary/aromatic N) is 1. The molecule has 3 rings (SSSR count). The highest BCUT2D eigenvalue weighted by molar-refractivity contribution is 6.07. The van der Waals surface area contributed by atoms with Crippen molar-refractivity contribution in [1.29, 1.82) is 0 Å². The van der Waals surface area contributed by atoms with E-state index in [9.17, 15) is 19.7 Å². The molecule has 0 unspecified atom stereocenters. The van der Waals surface area contributed by atoms with Crippen LogP contribution < -0.4 is 9.47 Å². The molecule has 0 saturated heterocycles. The topological polar surface area (TPSA) is 95.7 Å². The molecule has 0 N–H and O–H groups in total. The number of carbonyl (C=O) groups excluding carboxylic acids is 2. The summed E-state index contributed by atoms with van der Waals surface area (Å²) in [5.74, 6) is 0.257. The van der Waals surface area contributed by atoms with Crippen LogP contribution in [-0.2, 0) is 0 Å². The second-order valence-electron chi connectivity index (χ2n) is 10.0. The van der Waals surface area contributed by atoms with Crippen LogP contribution in [0.2, 0.25) is 0 Å². The number of nitro benzene ring substituents is 1. The molecule has 3 aromatic carbocycles. The van der Waals surface area contributed by atoms with E-state index in [2.05, 4.69) is 6.92 Å². The summed E-state index contributed by atoms with van der Waals surface area (Å²) in [4.78, 5) is 35.4. The summed E-state index contributed by atoms with van der Waals surface area (Å²) in [5, 5.41) is 10.9. The number of carbonyl (C=O) groups is 2. The van der Waals surface area contributed by atoms with E-state index < -0.39 is 10.9 Å². The first-order chi connectivity index (χ1) is 20.0. The van der Waals surface area contributed by atoms with Crippen molar-refractivity contribution in [3.8, 4) is 11.5 Å². The van der Waals surface area contributed by atoms with E-state index >= 15 is 0 Å². The van der Waals surface area contributed by atoms with E-state index in [1.165, 1.54) is 75.7 Å². The lowest BCUT2D eigenvalue weighted by Crippen LogP contribution is -2.08. The van der Waals surface area contributed by atoms with Gasteiger partial charge in [0.2, 0.25) is 0 Å². The number of allylic oxidation sites excluding steroid dienone is 1. The van der Waals surface area contributed by atoms with Crippen LogP contribution in [0.1, 0.15) is 97.4 Å². The second-order valence-corrected chi connectivity index (χ2v) is 10.0. The number of hydrogen-bond donors (Lipinski definition) is 0. The molecule has 0 aliphatic carbocycles. The van der Waals surface area contributed by atoms with Crippen LogP contribution in [0.4, 0.5) is 5.69 Å². The van der Waals surface area contributed by atoms with Crippen molar-refractivity contribution in [1.82, 2.24) is 0 Å². The Morgan fingerprint density at radius 1 is 0.756 bits per heavy atom. The number of ketones is 1. The Morgan fingerprint density at radius 2 is 1.34 bits per heavy atom. The quantitative estimate of drug-likeness (QED) is 0.0294. The number of esters is 1. The zero-order valence-electron chi connectivity index (χ0n) is 23.8. The maximum absolute atomic E-state index is 12.5. The molecule has 0 aliphatic heterocycles. The Labute approximate surface area is 242 Å². The first-order valence-corrected chi connectivity index (χ1v) is 14.5. The van der Waals surface area contributed by atoms with Crippen LogP contribution >= 0.6 is 0 Å². The molecule has 0 bridgehead atoms. The summed E-state index contributed by atoms with van der Waals surface area (Å²) in [6, 6.07) is 19.1. The molecule has 7 heteroatoms. The van der Waals surface area contributed by atoms with Crippen LogP contribution in [0, 0.1) is 10.1 Å². The molecule has 0 amide bonds. The lowest BCUT2D eigenvalue weighted by molar-refractivity contribution is -0.384. The fourth-order valence-corrected chi connectivity index (χ4v) is 4.33. The number of non-ortho nitro benzene ring substituents is 1. The highest BCUT2D eigenvalue weighted by atomic mass is 16.6. The van der Waals surface area contributed by atoms with Crippen molar-refractivity contribution in [3.63, 3.8) is 0 Å². The highest BCUT2D eigenvalue weighted by Gasteiger charge is 2.10. The fourth-order valence-electron chi connectivity index (χ4n) is 4.33. The molecule has 0 radical (unpaired) electrons. The molecule has 0 atom stereocenters. The van der Waals surface area contributed by atoms with Gasteiger partial charge in [-0.2, -0.15) is 0 Å². The van der Waals surface area contributed by atoms with Gasteiger partial charge in [0.25, 0.3) is 5.69 Å². The van der Waals surface area contributed by atoms with Crippen molar-refractivity contribution in [2.45, 2.75) is 71.1 Å². The molecular formula is C34H39NO6. The van der Waals surface area contributed by atoms with Gasteiger partial charge in [-0.25, -0.2) is 4.79 Å². The monoisotopic (exact) mass is 557 g/mol. The van der Waals surface area contributed by atoms with Gasteiger partial charge in [-0.3, -0.25) is 14.9 Å². The number of hydrogen-bond acceptors (Lipinski definition) is 6. The van der Waals surface area contributed by atoms with Gasteiger partial charge in [-0.1, -0.05) is 82.9 Å². The summed E-state index contributed by atoms with van der Waals surface area (Å²) in [6.45, 7) is 2.90. The molecule has 0 saturated carbocycles. The minimum absolute atomic E-state index is 0.0442. The van der Waals surface area contributed by atoms with Gasteiger partial charge in [-0.05, 0) is 66.6 Å². The number of benzene rings is 3. The van der Waals surface area contributed by atoms with Gasteiger partial charge in [0.05, 0.1) is 17.1 Å². The first kappa shape index (κ1) is 31.3. The van der Waals surface area contributed by atoms with Crippen LogP contribution in [0.25, 0.3) is 6.08 Å². The Kier molecular flexibility index (Phi) is 13.3. The van der Waals surface area contributed by atoms with E-state index in [1.807, 2.05) is 0 Å². The maximum Gasteiger partial charge on any atom is 0.343 e. The largest absolute Gasteiger partial charge is 0.494 e. The Balaban J connectivity index is 1.37. The lowest BCUT2D eigenvalue weighted by atomic mass is 10.1. The molecule has 41 heavy (non-hydrogen) atoms. The van der Waals surface area contributed by atoms with Crippen LogP contribution in [0.3, 0.4) is 0 Å². The van der Waals surface area contributed by atoms with Crippen molar-refractivity contribution < 1.29 is 24.0 Å². The minimum Gasteiger partial charge on any atom is -0.494 e. The van der Waals surface area contributed by atoms with Gasteiger partial charge in [-0.15, -0.1) is 0 Å². The molecule has 7 nitrogen and oxygen atoms in total. The molecule has 0 aliphatic rings. The van der Waals surface area contributed by atoms with Crippen LogP contribution in [-0.4, -0.2) is 23.3 Å². The SMILES string of the molecule is CCCCCCCCCCCCOc1ccc(C(=O)Oc2ccc(C(=O)/C=C/c3cccc([N+](=O)[O-])c3)cc2)cc1. The van der Waals surface area contributed by atoms with E-state index in [0.717, 1.165) is 18.6 Å². The Hall–Kier alpha value is -4.26. The number of unbranched alkanes of at least 4 members (excludes halogenated alkanes) is 9. The van der Waals surface area contributed by atoms with Crippen molar-refractivity contribution >= 4 is 23.5 Å². The Morgan fingerprint density at radius 3 is 1.98 bits per heavy atom. The molecule has 0 spiro atoms. The van der Waals surface area contributed by atoms with Crippen molar-refractivity contribution in [2.75, 3.05) is 6.61 Å². The van der Waals surface area contributed by atoms with Crippen LogP contribution in [0.15, 0.2) is 78.9 Å². The van der Waals surface area contributed by atoms with Crippen LogP contribution in [0.5, 0.6) is 11.5 Å². The fraction of sp³-hybridized carbons (Fsp3) is 0.353. The standard InChI is InChI=1S/C34H39NO6/c1-2-3-4-5-6-7-8-9-10-11-25-40-31-20-18-29(19-21-31)34(37)41-32-22-16-28(17-23-32)33(36)24-15-27-13-12-14-30(26-27)35(38)39/h12-24,26H,2-11,25H2,1H3/b24-15+. The van der Waals surface area contributed by atoms with Crippen molar-refractivity contribution in [2.24, 2.45) is 0 Å². The third-order valence-corrected chi connectivity index (χ3v) is 6.71. The second kappa shape index (κ2) is 17.4. The number of rotatable bonds is 18. The lowest BCUT2D eigenvalue weighted by Gasteiger charge is -2.08. The predicted octanol–water partition coefficient (Wildman–Crippen LogP) is 9.01. The first-order valence-electron chi connectivity index (χ1n) is 14.5. The zero-order chi connectivity index (χ0) is 29.3. The van der Waals surface area contributed by atoms with Gasteiger partial charge in [0, 0.05) is 17.7 Å². The molecule has 0 aromatic heterocycles. The summed E-state index contributed by atoms with van der Waals surface area (Å²) < 4.78 is 11.3. The minimum atomic E-state index is -0.504. The normalized spacial score (nSPS) is 11.0. The van der Waals surface area contributed by atoms with E-state index in [1.54, 1.807) is 60.7 Å². The smallest absolute Gasteiger partial charge is 0.343 e. The predicted molar refractivity (Wildman–Crippen MR) is 162 cm³/mol. The summed E-state index contributed by atoms with van der Waals surface area (Å²) >= 11 is 0. The average molecular weight is 558 g/mol. The average Bonchev–Trinajstić information content (AvgIpc) is 2.99. The van der Waals surface area contributed by atoms with Gasteiger partial charge >= 0.3 is 5.97 Å². The molecular weight excluding hydrogens is 518 g/mol. The summed E-state index contributed by atoms with van der Waals surface area (Å²) in [5.41, 5.74) is 1.30. The summed E-state index contributed by atoms with van der Waals surface area (Å²) in [6.07, 6.45) is 15.6. The molecule has 216 valence electrons. The van der Waals surface area contributed by atoms with Gasteiger partial charge in [0.15, 0.2) is 5.78 Å². The number of nitro groups is 1. The zero-order valence-corrected chi connectivity index (χ0v) is 23.8. The van der Waals surface area contributed by atoms with E-state index in [4.69, 9.17) is 9.47 Å². The molecule has 0 fully saturated rings. The maximum atomic E-state index is 12.5.